The highest BCUT2D eigenvalue weighted by atomic mass is 35.5. The quantitative estimate of drug-likeness (QED) is 0.385. The van der Waals surface area contributed by atoms with E-state index in [-0.39, 0.29) is 17.2 Å². The summed E-state index contributed by atoms with van der Waals surface area (Å²) in [4.78, 5) is 0. The molecule has 3 aromatic rings. The summed E-state index contributed by atoms with van der Waals surface area (Å²) in [6.07, 6.45) is 3.60. The zero-order chi connectivity index (χ0) is 21.0. The number of benzene rings is 3. The van der Waals surface area contributed by atoms with Gasteiger partial charge in [0, 0.05) is 10.4 Å². The minimum absolute atomic E-state index is 0.0183. The fraction of sp³-hybridized carbons (Fsp3) is 0.333. The van der Waals surface area contributed by atoms with Crippen molar-refractivity contribution >= 4 is 33.7 Å². The van der Waals surface area contributed by atoms with Crippen molar-refractivity contribution in [3.8, 4) is 11.5 Å². The molecule has 0 radical (unpaired) electrons. The summed E-state index contributed by atoms with van der Waals surface area (Å²) < 4.78 is 0. The summed E-state index contributed by atoms with van der Waals surface area (Å²) in [5.74, 6) is 1.18. The lowest BCUT2D eigenvalue weighted by Gasteiger charge is -2.18. The maximum absolute atomic E-state index is 10.3. The first-order chi connectivity index (χ1) is 13.9. The Morgan fingerprint density at radius 2 is 1.69 bits per heavy atom. The van der Waals surface area contributed by atoms with Gasteiger partial charge in [-0.3, -0.25) is 0 Å². The SMILES string of the molecule is CCCC(C)CC(C)c1ccc2c(N=Nc3cc(Cl)ccc3O)c(O)ccc2c1. The molecule has 0 aliphatic heterocycles. The second kappa shape index (κ2) is 9.27. The number of fused-ring (bicyclic) bond motifs is 1. The minimum atomic E-state index is -0.0183. The standard InChI is InChI=1S/C24H27ClN2O2/c1-4-5-15(2)12-16(3)17-6-9-20-18(13-17)7-10-23(29)24(20)27-26-21-14-19(25)8-11-22(21)28/h6-11,13-16,28-29H,4-5,12H2,1-3H3. The van der Waals surface area contributed by atoms with Crippen LogP contribution in [0.15, 0.2) is 58.8 Å². The van der Waals surface area contributed by atoms with Crippen molar-refractivity contribution in [2.75, 3.05) is 0 Å². The first kappa shape index (κ1) is 21.1. The van der Waals surface area contributed by atoms with Crippen molar-refractivity contribution in [2.45, 2.75) is 46.0 Å². The number of phenolic OH excluding ortho intramolecular Hbond substituents is 2. The Bertz CT molecular complexity index is 1030. The molecule has 0 aliphatic rings. The second-order valence-electron chi connectivity index (χ2n) is 7.78. The molecule has 0 bridgehead atoms. The second-order valence-corrected chi connectivity index (χ2v) is 8.21. The van der Waals surface area contributed by atoms with E-state index >= 15 is 0 Å². The molecule has 0 aromatic heterocycles. The molecule has 0 heterocycles. The van der Waals surface area contributed by atoms with Crippen LogP contribution in [0.1, 0.15) is 51.5 Å². The van der Waals surface area contributed by atoms with E-state index in [0.717, 1.165) is 17.2 Å². The van der Waals surface area contributed by atoms with Gasteiger partial charge >= 0.3 is 0 Å². The van der Waals surface area contributed by atoms with Crippen LogP contribution in [0, 0.1) is 5.92 Å². The summed E-state index contributed by atoms with van der Waals surface area (Å²) in [5, 5.41) is 30.8. The van der Waals surface area contributed by atoms with Gasteiger partial charge in [-0.25, -0.2) is 0 Å². The molecule has 4 nitrogen and oxygen atoms in total. The first-order valence-electron chi connectivity index (χ1n) is 10.0. The van der Waals surface area contributed by atoms with Gasteiger partial charge in [-0.1, -0.05) is 69.5 Å². The molecule has 0 amide bonds. The predicted octanol–water partition coefficient (Wildman–Crippen LogP) is 8.25. The van der Waals surface area contributed by atoms with Crippen LogP contribution in [0.25, 0.3) is 10.8 Å². The molecular formula is C24H27ClN2O2. The molecule has 0 aliphatic carbocycles. The Kier molecular flexibility index (Phi) is 6.75. The third-order valence-corrected chi connectivity index (χ3v) is 5.53. The lowest BCUT2D eigenvalue weighted by molar-refractivity contribution is 0.449. The van der Waals surface area contributed by atoms with Gasteiger partial charge < -0.3 is 10.2 Å². The molecule has 3 aromatic carbocycles. The smallest absolute Gasteiger partial charge is 0.143 e. The van der Waals surface area contributed by atoms with Gasteiger partial charge in [0.25, 0.3) is 0 Å². The van der Waals surface area contributed by atoms with E-state index < -0.39 is 0 Å². The van der Waals surface area contributed by atoms with Gasteiger partial charge in [-0.15, -0.1) is 10.2 Å². The summed E-state index contributed by atoms with van der Waals surface area (Å²) >= 11 is 5.97. The van der Waals surface area contributed by atoms with Crippen LogP contribution in [0.2, 0.25) is 5.02 Å². The maximum atomic E-state index is 10.3. The summed E-state index contributed by atoms with van der Waals surface area (Å²) in [7, 11) is 0. The normalized spacial score (nSPS) is 13.8. The van der Waals surface area contributed by atoms with Crippen molar-refractivity contribution in [2.24, 2.45) is 16.1 Å². The van der Waals surface area contributed by atoms with Gasteiger partial charge in [0.05, 0.1) is 0 Å². The van der Waals surface area contributed by atoms with Crippen LogP contribution >= 0.6 is 11.6 Å². The van der Waals surface area contributed by atoms with Crippen molar-refractivity contribution in [3.63, 3.8) is 0 Å². The van der Waals surface area contributed by atoms with E-state index in [2.05, 4.69) is 43.1 Å². The van der Waals surface area contributed by atoms with E-state index in [9.17, 15) is 10.2 Å². The molecule has 0 saturated carbocycles. The Morgan fingerprint density at radius 3 is 2.45 bits per heavy atom. The summed E-state index contributed by atoms with van der Waals surface area (Å²) in [5.41, 5.74) is 1.91. The molecule has 5 heteroatoms. The number of hydrogen-bond donors (Lipinski definition) is 2. The number of phenols is 2. The number of nitrogens with zero attached hydrogens (tertiary/aromatic N) is 2. The third-order valence-electron chi connectivity index (χ3n) is 5.30. The van der Waals surface area contributed by atoms with Gasteiger partial charge in [0.2, 0.25) is 0 Å². The lowest BCUT2D eigenvalue weighted by Crippen LogP contribution is -2.02. The largest absolute Gasteiger partial charge is 0.506 e. The molecule has 29 heavy (non-hydrogen) atoms. The summed E-state index contributed by atoms with van der Waals surface area (Å²) in [6.45, 7) is 6.79. The number of hydrogen-bond acceptors (Lipinski definition) is 4. The van der Waals surface area contributed by atoms with Crippen LogP contribution in [0.4, 0.5) is 11.4 Å². The molecule has 0 saturated heterocycles. The van der Waals surface area contributed by atoms with Crippen LogP contribution in [0.5, 0.6) is 11.5 Å². The van der Waals surface area contributed by atoms with Crippen LogP contribution in [-0.2, 0) is 0 Å². The van der Waals surface area contributed by atoms with Crippen molar-refractivity contribution in [1.29, 1.82) is 0 Å². The number of aromatic hydroxyl groups is 2. The van der Waals surface area contributed by atoms with E-state index in [1.807, 2.05) is 12.1 Å². The third kappa shape index (κ3) is 5.07. The van der Waals surface area contributed by atoms with Gasteiger partial charge in [0.1, 0.15) is 22.9 Å². The summed E-state index contributed by atoms with van der Waals surface area (Å²) in [6, 6.07) is 14.3. The van der Waals surface area contributed by atoms with Gasteiger partial charge in [0.15, 0.2) is 0 Å². The minimum Gasteiger partial charge on any atom is -0.506 e. The molecule has 2 N–H and O–H groups in total. The first-order valence-corrected chi connectivity index (χ1v) is 10.4. The highest BCUT2D eigenvalue weighted by Gasteiger charge is 2.13. The molecule has 0 spiro atoms. The highest BCUT2D eigenvalue weighted by Crippen LogP contribution is 2.39. The van der Waals surface area contributed by atoms with Crippen molar-refractivity contribution < 1.29 is 10.2 Å². The van der Waals surface area contributed by atoms with Crippen molar-refractivity contribution in [3.05, 3.63) is 59.1 Å². The van der Waals surface area contributed by atoms with E-state index in [4.69, 9.17) is 11.6 Å². The fourth-order valence-electron chi connectivity index (χ4n) is 3.76. The maximum Gasteiger partial charge on any atom is 0.143 e. The molecule has 0 fully saturated rings. The Hall–Kier alpha value is -2.59. The predicted molar refractivity (Wildman–Crippen MR) is 120 cm³/mol. The Balaban J connectivity index is 1.93. The molecule has 2 atom stereocenters. The molecule has 2 unspecified atom stereocenters. The number of halogens is 1. The van der Waals surface area contributed by atoms with Gasteiger partial charge in [-0.2, -0.15) is 0 Å². The Morgan fingerprint density at radius 1 is 0.931 bits per heavy atom. The molecular weight excluding hydrogens is 384 g/mol. The van der Waals surface area contributed by atoms with Crippen LogP contribution in [0.3, 0.4) is 0 Å². The van der Waals surface area contributed by atoms with Crippen molar-refractivity contribution in [1.82, 2.24) is 0 Å². The van der Waals surface area contributed by atoms with Gasteiger partial charge in [-0.05, 0) is 53.5 Å². The van der Waals surface area contributed by atoms with E-state index in [0.29, 0.717) is 22.5 Å². The molecule has 152 valence electrons. The lowest BCUT2D eigenvalue weighted by atomic mass is 9.88. The Labute approximate surface area is 176 Å². The number of azo groups is 1. The van der Waals surface area contributed by atoms with E-state index in [1.165, 1.54) is 30.5 Å². The zero-order valence-corrected chi connectivity index (χ0v) is 17.8. The average Bonchev–Trinajstić information content (AvgIpc) is 2.69. The molecule has 3 rings (SSSR count). The fourth-order valence-corrected chi connectivity index (χ4v) is 3.93. The van der Waals surface area contributed by atoms with Crippen LogP contribution in [-0.4, -0.2) is 10.2 Å². The van der Waals surface area contributed by atoms with Crippen LogP contribution < -0.4 is 0 Å². The topological polar surface area (TPSA) is 65.2 Å². The highest BCUT2D eigenvalue weighted by molar-refractivity contribution is 6.30. The number of rotatable bonds is 7. The zero-order valence-electron chi connectivity index (χ0n) is 17.1. The average molecular weight is 411 g/mol. The van der Waals surface area contributed by atoms with E-state index in [1.54, 1.807) is 12.1 Å². The monoisotopic (exact) mass is 410 g/mol.